The first-order valence-corrected chi connectivity index (χ1v) is 12.8. The van der Waals surface area contributed by atoms with Crippen molar-refractivity contribution < 1.29 is 19.2 Å². The largest absolute Gasteiger partial charge is 0.356 e. The van der Waals surface area contributed by atoms with Crippen LogP contribution in [0.1, 0.15) is 61.5 Å². The summed E-state index contributed by atoms with van der Waals surface area (Å²) in [5, 5.41) is 15.8. The molecule has 2 aliphatic heterocycles. The fourth-order valence-corrected chi connectivity index (χ4v) is 6.30. The number of benzene rings is 1. The van der Waals surface area contributed by atoms with Crippen LogP contribution in [0.25, 0.3) is 10.9 Å². The Labute approximate surface area is 209 Å². The van der Waals surface area contributed by atoms with E-state index in [4.69, 9.17) is 0 Å². The minimum Gasteiger partial charge on any atom is -0.356 e. The predicted octanol–water partition coefficient (Wildman–Crippen LogP) is 2.27. The van der Waals surface area contributed by atoms with E-state index in [1.54, 1.807) is 30.0 Å². The smallest absolute Gasteiger partial charge is 0.271 e. The Kier molecular flexibility index (Phi) is 6.52. The van der Waals surface area contributed by atoms with E-state index in [2.05, 4.69) is 21.7 Å². The minimum atomic E-state index is -0.750. The minimum absolute atomic E-state index is 0.0418. The molecule has 2 saturated heterocycles. The number of hydrogen-bond acceptors (Lipinski definition) is 5. The number of aromatic nitrogens is 1. The topological polar surface area (TPSA) is 135 Å². The highest BCUT2D eigenvalue weighted by molar-refractivity contribution is 6.02. The molecule has 188 valence electrons. The number of likely N-dealkylation sites (tertiary alicyclic amines) is 1. The van der Waals surface area contributed by atoms with Gasteiger partial charge in [0.1, 0.15) is 11.7 Å². The van der Waals surface area contributed by atoms with Crippen LogP contribution in [0.15, 0.2) is 24.3 Å². The number of carbonyl (C=O) groups excluding carboxylic acids is 4. The van der Waals surface area contributed by atoms with Gasteiger partial charge in [0, 0.05) is 36.3 Å². The summed E-state index contributed by atoms with van der Waals surface area (Å²) >= 11 is 0. The number of nitriles is 1. The van der Waals surface area contributed by atoms with Crippen molar-refractivity contribution in [2.75, 3.05) is 13.1 Å². The summed E-state index contributed by atoms with van der Waals surface area (Å²) in [5.74, 6) is -0.810. The quantitative estimate of drug-likeness (QED) is 0.548. The Morgan fingerprint density at radius 3 is 2.81 bits per heavy atom. The van der Waals surface area contributed by atoms with Crippen LogP contribution in [0.3, 0.4) is 0 Å². The maximum atomic E-state index is 13.7. The Bertz CT molecular complexity index is 1260. The predicted molar refractivity (Wildman–Crippen MR) is 132 cm³/mol. The van der Waals surface area contributed by atoms with Gasteiger partial charge in [-0.15, -0.1) is 0 Å². The van der Waals surface area contributed by atoms with E-state index in [9.17, 15) is 24.4 Å². The van der Waals surface area contributed by atoms with Gasteiger partial charge >= 0.3 is 0 Å². The molecule has 3 heterocycles. The van der Waals surface area contributed by atoms with Gasteiger partial charge in [-0.1, -0.05) is 19.4 Å². The lowest BCUT2D eigenvalue weighted by molar-refractivity contribution is -0.132. The second kappa shape index (κ2) is 9.76. The summed E-state index contributed by atoms with van der Waals surface area (Å²) in [4.78, 5) is 57.0. The Hall–Kier alpha value is -3.67. The molecule has 2 aromatic rings. The van der Waals surface area contributed by atoms with E-state index in [1.165, 1.54) is 0 Å². The number of H-pyrrole nitrogens is 1. The van der Waals surface area contributed by atoms with Crippen molar-refractivity contribution in [3.63, 3.8) is 0 Å². The van der Waals surface area contributed by atoms with Gasteiger partial charge in [-0.25, -0.2) is 0 Å². The molecule has 1 saturated carbocycles. The molecule has 1 aromatic carbocycles. The van der Waals surface area contributed by atoms with E-state index < -0.39 is 12.1 Å². The fourth-order valence-electron chi connectivity index (χ4n) is 6.30. The first kappa shape index (κ1) is 24.0. The second-order valence-corrected chi connectivity index (χ2v) is 10.2. The number of Topliss-reactive ketones (excluding diaryl/α,β-unsaturated/α-hetero) is 1. The molecule has 9 nitrogen and oxygen atoms in total. The third-order valence-electron chi connectivity index (χ3n) is 8.17. The van der Waals surface area contributed by atoms with Gasteiger partial charge in [-0.2, -0.15) is 5.26 Å². The summed E-state index contributed by atoms with van der Waals surface area (Å²) in [7, 11) is 0. The molecule has 1 aliphatic carbocycles. The van der Waals surface area contributed by atoms with Gasteiger partial charge in [-0.05, 0) is 55.7 Å². The van der Waals surface area contributed by atoms with Crippen LogP contribution < -0.4 is 10.6 Å². The standard InChI is InChI=1S/C27H31N5O4/c1-2-23(33)21(11-15-9-10-29-25(15)34)31-26(35)24-18-7-3-6-17(18)14-32(24)27(36)22-12-19-16(13-28)5-4-8-20(19)30-22/h4-5,8,12,15,17-18,21,24,30H,2-3,6-7,9-11,14H2,1H3,(H,29,34)(H,31,35). The van der Waals surface area contributed by atoms with Crippen LogP contribution in [0, 0.1) is 29.1 Å². The molecule has 9 heteroatoms. The molecule has 5 rings (SSSR count). The Morgan fingerprint density at radius 2 is 2.08 bits per heavy atom. The van der Waals surface area contributed by atoms with Crippen molar-refractivity contribution in [3.05, 3.63) is 35.5 Å². The molecule has 3 N–H and O–H groups in total. The zero-order chi connectivity index (χ0) is 25.4. The number of hydrogen-bond donors (Lipinski definition) is 3. The van der Waals surface area contributed by atoms with E-state index in [0.717, 1.165) is 19.3 Å². The second-order valence-electron chi connectivity index (χ2n) is 10.2. The molecule has 36 heavy (non-hydrogen) atoms. The van der Waals surface area contributed by atoms with Crippen molar-refractivity contribution >= 4 is 34.4 Å². The lowest BCUT2D eigenvalue weighted by Crippen LogP contribution is -2.53. The molecular weight excluding hydrogens is 458 g/mol. The molecule has 0 bridgehead atoms. The van der Waals surface area contributed by atoms with Gasteiger partial charge in [0.25, 0.3) is 5.91 Å². The summed E-state index contributed by atoms with van der Waals surface area (Å²) in [5.41, 5.74) is 1.52. The monoisotopic (exact) mass is 489 g/mol. The normalized spacial score (nSPS) is 25.9. The van der Waals surface area contributed by atoms with Gasteiger partial charge in [0.15, 0.2) is 5.78 Å². The van der Waals surface area contributed by atoms with Crippen molar-refractivity contribution in [2.24, 2.45) is 17.8 Å². The van der Waals surface area contributed by atoms with Crippen molar-refractivity contribution in [1.29, 1.82) is 5.26 Å². The number of aromatic amines is 1. The maximum absolute atomic E-state index is 13.7. The van der Waals surface area contributed by atoms with E-state index in [1.807, 2.05) is 6.07 Å². The molecular formula is C27H31N5O4. The van der Waals surface area contributed by atoms with E-state index >= 15 is 0 Å². The van der Waals surface area contributed by atoms with Crippen LogP contribution in [0.5, 0.6) is 0 Å². The van der Waals surface area contributed by atoms with Crippen LogP contribution in [-0.2, 0) is 14.4 Å². The molecule has 0 radical (unpaired) electrons. The molecule has 3 amide bonds. The van der Waals surface area contributed by atoms with Crippen LogP contribution in [0.4, 0.5) is 0 Å². The highest BCUT2D eigenvalue weighted by atomic mass is 16.2. The number of nitrogens with zero attached hydrogens (tertiary/aromatic N) is 2. The van der Waals surface area contributed by atoms with E-state index in [-0.39, 0.29) is 54.1 Å². The lowest BCUT2D eigenvalue weighted by atomic mass is 9.91. The first-order chi connectivity index (χ1) is 17.4. The number of rotatable bonds is 7. The zero-order valence-corrected chi connectivity index (χ0v) is 20.4. The molecule has 3 fully saturated rings. The van der Waals surface area contributed by atoms with Gasteiger partial charge in [-0.3, -0.25) is 19.2 Å². The zero-order valence-electron chi connectivity index (χ0n) is 20.4. The van der Waals surface area contributed by atoms with Crippen molar-refractivity contribution in [3.8, 4) is 6.07 Å². The highest BCUT2D eigenvalue weighted by Gasteiger charge is 2.50. The fraction of sp³-hybridized carbons (Fsp3) is 0.519. The van der Waals surface area contributed by atoms with Gasteiger partial charge < -0.3 is 20.5 Å². The number of amides is 3. The average molecular weight is 490 g/mol. The van der Waals surface area contributed by atoms with Crippen LogP contribution >= 0.6 is 0 Å². The number of carbonyl (C=O) groups is 4. The third-order valence-corrected chi connectivity index (χ3v) is 8.17. The maximum Gasteiger partial charge on any atom is 0.271 e. The molecule has 1 aromatic heterocycles. The summed E-state index contributed by atoms with van der Waals surface area (Å²) < 4.78 is 0. The Balaban J connectivity index is 1.40. The summed E-state index contributed by atoms with van der Waals surface area (Å²) in [6.07, 6.45) is 4.01. The van der Waals surface area contributed by atoms with Crippen LogP contribution in [0.2, 0.25) is 0 Å². The number of nitrogens with one attached hydrogen (secondary N) is 3. The van der Waals surface area contributed by atoms with Crippen molar-refractivity contribution in [1.82, 2.24) is 20.5 Å². The summed E-state index contributed by atoms with van der Waals surface area (Å²) in [6.45, 7) is 2.82. The number of fused-ring (bicyclic) bond motifs is 2. The molecule has 5 unspecified atom stereocenters. The molecule has 5 atom stereocenters. The van der Waals surface area contributed by atoms with E-state index in [0.29, 0.717) is 41.7 Å². The summed E-state index contributed by atoms with van der Waals surface area (Å²) in [6, 6.07) is 7.70. The Morgan fingerprint density at radius 1 is 1.25 bits per heavy atom. The number of ketones is 1. The highest BCUT2D eigenvalue weighted by Crippen LogP contribution is 2.43. The third kappa shape index (κ3) is 4.25. The van der Waals surface area contributed by atoms with Gasteiger partial charge in [0.05, 0.1) is 17.7 Å². The molecule has 3 aliphatic rings. The average Bonchev–Trinajstić information content (AvgIpc) is 3.66. The van der Waals surface area contributed by atoms with Crippen LogP contribution in [-0.4, -0.2) is 58.6 Å². The first-order valence-electron chi connectivity index (χ1n) is 12.8. The SMILES string of the molecule is CCC(=O)C(CC1CCNC1=O)NC(=O)C1C2CCCC2CN1C(=O)c1cc2c(C#N)cccc2[nH]1. The van der Waals surface area contributed by atoms with Gasteiger partial charge in [0.2, 0.25) is 11.8 Å². The lowest BCUT2D eigenvalue weighted by Gasteiger charge is -2.29. The molecule has 0 spiro atoms. The van der Waals surface area contributed by atoms with Crippen molar-refractivity contribution in [2.45, 2.75) is 57.5 Å².